The van der Waals surface area contributed by atoms with Crippen molar-refractivity contribution in [1.82, 2.24) is 4.98 Å². The molecule has 0 amide bonds. The van der Waals surface area contributed by atoms with E-state index in [0.29, 0.717) is 12.5 Å². The van der Waals surface area contributed by atoms with Crippen LogP contribution in [0.4, 0.5) is 0 Å². The van der Waals surface area contributed by atoms with Crippen molar-refractivity contribution in [1.29, 1.82) is 0 Å². The Hall–Kier alpha value is -1.39. The Morgan fingerprint density at radius 1 is 1.42 bits per heavy atom. The molecule has 0 bridgehead atoms. The van der Waals surface area contributed by atoms with Gasteiger partial charge in [-0.25, -0.2) is 4.98 Å². The molecule has 19 heavy (non-hydrogen) atoms. The summed E-state index contributed by atoms with van der Waals surface area (Å²) in [5.74, 6) is 1.53. The molecule has 100 valence electrons. The first kappa shape index (κ1) is 12.6. The topological polar surface area (TPSA) is 48.1 Å². The molecule has 3 nitrogen and oxygen atoms in total. The molecule has 1 aromatic heterocycles. The zero-order valence-corrected chi connectivity index (χ0v) is 11.8. The summed E-state index contributed by atoms with van der Waals surface area (Å²) in [7, 11) is 0. The first-order valence-corrected chi connectivity index (χ1v) is 7.60. The predicted octanol–water partition coefficient (Wildman–Crippen LogP) is 3.62. The molecule has 3 rings (SSSR count). The zero-order chi connectivity index (χ0) is 13.2. The van der Waals surface area contributed by atoms with Crippen molar-refractivity contribution in [3.63, 3.8) is 0 Å². The van der Waals surface area contributed by atoms with Crippen molar-refractivity contribution in [2.45, 2.75) is 25.8 Å². The highest BCUT2D eigenvalue weighted by atomic mass is 32.1. The Bertz CT molecular complexity index is 563. The number of thiazole rings is 1. The van der Waals surface area contributed by atoms with Crippen LogP contribution >= 0.6 is 11.3 Å². The third kappa shape index (κ3) is 2.65. The molecule has 2 N–H and O–H groups in total. The van der Waals surface area contributed by atoms with Crippen molar-refractivity contribution in [3.8, 4) is 17.0 Å². The van der Waals surface area contributed by atoms with Crippen LogP contribution < -0.4 is 10.5 Å². The Labute approximate surface area is 117 Å². The standard InChI is InChI=1S/C15H18N2OS/c1-2-18-13-6-4-3-5-11(13)12-9-19-15(17-12)14(16)10-7-8-10/h3-6,9-10,14H,2,7-8,16H2,1H3. The molecular weight excluding hydrogens is 256 g/mol. The number of ether oxygens (including phenoxy) is 1. The largest absolute Gasteiger partial charge is 0.493 e. The molecule has 1 atom stereocenters. The van der Waals surface area contributed by atoms with Crippen LogP contribution in [-0.2, 0) is 0 Å². The highest BCUT2D eigenvalue weighted by Gasteiger charge is 2.31. The molecule has 1 fully saturated rings. The minimum atomic E-state index is 0.109. The normalized spacial score (nSPS) is 16.3. The van der Waals surface area contributed by atoms with E-state index in [1.54, 1.807) is 11.3 Å². The number of benzene rings is 1. The maximum atomic E-state index is 6.21. The minimum Gasteiger partial charge on any atom is -0.493 e. The number of para-hydroxylation sites is 1. The molecule has 1 aromatic carbocycles. The lowest BCUT2D eigenvalue weighted by Gasteiger charge is -2.08. The van der Waals surface area contributed by atoms with Gasteiger partial charge in [-0.1, -0.05) is 12.1 Å². The minimum absolute atomic E-state index is 0.109. The smallest absolute Gasteiger partial charge is 0.128 e. The van der Waals surface area contributed by atoms with Crippen LogP contribution in [0, 0.1) is 5.92 Å². The van der Waals surface area contributed by atoms with Crippen LogP contribution in [0.15, 0.2) is 29.6 Å². The van der Waals surface area contributed by atoms with Crippen molar-refractivity contribution in [2.75, 3.05) is 6.61 Å². The second-order valence-corrected chi connectivity index (χ2v) is 5.75. The summed E-state index contributed by atoms with van der Waals surface area (Å²) in [6.45, 7) is 2.65. The van der Waals surface area contributed by atoms with Crippen LogP contribution in [0.2, 0.25) is 0 Å². The second kappa shape index (κ2) is 5.31. The third-order valence-electron chi connectivity index (χ3n) is 3.40. The van der Waals surface area contributed by atoms with Crippen molar-refractivity contribution < 1.29 is 4.74 Å². The quantitative estimate of drug-likeness (QED) is 0.906. The van der Waals surface area contributed by atoms with Gasteiger partial charge in [-0.15, -0.1) is 11.3 Å². The van der Waals surface area contributed by atoms with E-state index in [4.69, 9.17) is 15.5 Å². The van der Waals surface area contributed by atoms with Gasteiger partial charge in [0.15, 0.2) is 0 Å². The van der Waals surface area contributed by atoms with Gasteiger partial charge < -0.3 is 10.5 Å². The van der Waals surface area contributed by atoms with E-state index >= 15 is 0 Å². The van der Waals surface area contributed by atoms with Gasteiger partial charge in [-0.05, 0) is 37.8 Å². The van der Waals surface area contributed by atoms with Crippen LogP contribution in [0.5, 0.6) is 5.75 Å². The fourth-order valence-electron chi connectivity index (χ4n) is 2.18. The summed E-state index contributed by atoms with van der Waals surface area (Å²) in [6, 6.07) is 8.14. The van der Waals surface area contributed by atoms with Crippen molar-refractivity contribution in [3.05, 3.63) is 34.7 Å². The Morgan fingerprint density at radius 3 is 2.95 bits per heavy atom. The molecule has 0 radical (unpaired) electrons. The van der Waals surface area contributed by atoms with Gasteiger partial charge in [0.2, 0.25) is 0 Å². The third-order valence-corrected chi connectivity index (χ3v) is 4.35. The van der Waals surface area contributed by atoms with Crippen LogP contribution in [0.3, 0.4) is 0 Å². The second-order valence-electron chi connectivity index (χ2n) is 4.86. The molecule has 1 unspecified atom stereocenters. The summed E-state index contributed by atoms with van der Waals surface area (Å²) < 4.78 is 5.65. The summed E-state index contributed by atoms with van der Waals surface area (Å²) in [5, 5.41) is 3.12. The number of nitrogens with zero attached hydrogens (tertiary/aromatic N) is 1. The van der Waals surface area contributed by atoms with E-state index in [1.807, 2.05) is 31.2 Å². The average molecular weight is 274 g/mol. The van der Waals surface area contributed by atoms with Gasteiger partial charge in [0.25, 0.3) is 0 Å². The zero-order valence-electron chi connectivity index (χ0n) is 11.0. The molecule has 0 aliphatic heterocycles. The van der Waals surface area contributed by atoms with Crippen molar-refractivity contribution >= 4 is 11.3 Å². The molecule has 1 aliphatic rings. The summed E-state index contributed by atoms with van der Waals surface area (Å²) in [5.41, 5.74) is 8.23. The SMILES string of the molecule is CCOc1ccccc1-c1csc(C(N)C2CC2)n1. The van der Waals surface area contributed by atoms with E-state index in [2.05, 4.69) is 5.38 Å². The number of nitrogens with two attached hydrogens (primary N) is 1. The number of hydrogen-bond acceptors (Lipinski definition) is 4. The van der Waals surface area contributed by atoms with E-state index in [9.17, 15) is 0 Å². The first-order chi connectivity index (χ1) is 9.29. The summed E-state index contributed by atoms with van der Waals surface area (Å²) >= 11 is 1.66. The Balaban J connectivity index is 1.89. The molecule has 1 saturated carbocycles. The van der Waals surface area contributed by atoms with E-state index in [1.165, 1.54) is 12.8 Å². The molecular formula is C15H18N2OS. The molecule has 0 spiro atoms. The monoisotopic (exact) mass is 274 g/mol. The fourth-order valence-corrected chi connectivity index (χ4v) is 3.09. The van der Waals surface area contributed by atoms with Gasteiger partial charge in [0.1, 0.15) is 10.8 Å². The summed E-state index contributed by atoms with van der Waals surface area (Å²) in [6.07, 6.45) is 2.48. The van der Waals surface area contributed by atoms with Gasteiger partial charge in [0.05, 0.1) is 18.3 Å². The van der Waals surface area contributed by atoms with Crippen molar-refractivity contribution in [2.24, 2.45) is 11.7 Å². The van der Waals surface area contributed by atoms with Gasteiger partial charge >= 0.3 is 0 Å². The maximum absolute atomic E-state index is 6.21. The van der Waals surface area contributed by atoms with Gasteiger partial charge in [0, 0.05) is 10.9 Å². The molecule has 1 aliphatic carbocycles. The Morgan fingerprint density at radius 2 is 2.21 bits per heavy atom. The first-order valence-electron chi connectivity index (χ1n) is 6.72. The molecule has 2 aromatic rings. The molecule has 1 heterocycles. The predicted molar refractivity (Wildman–Crippen MR) is 78.4 cm³/mol. The Kier molecular flexibility index (Phi) is 3.53. The lowest BCUT2D eigenvalue weighted by atomic mass is 10.1. The number of aromatic nitrogens is 1. The number of hydrogen-bond donors (Lipinski definition) is 1. The number of rotatable bonds is 5. The van der Waals surface area contributed by atoms with E-state index < -0.39 is 0 Å². The van der Waals surface area contributed by atoms with Gasteiger partial charge in [-0.2, -0.15) is 0 Å². The average Bonchev–Trinajstić information content (AvgIpc) is 3.17. The summed E-state index contributed by atoms with van der Waals surface area (Å²) in [4.78, 5) is 4.70. The lowest BCUT2D eigenvalue weighted by molar-refractivity contribution is 0.341. The van der Waals surface area contributed by atoms with Gasteiger partial charge in [-0.3, -0.25) is 0 Å². The fraction of sp³-hybridized carbons (Fsp3) is 0.400. The van der Waals surface area contributed by atoms with Crippen LogP contribution in [-0.4, -0.2) is 11.6 Å². The highest BCUT2D eigenvalue weighted by molar-refractivity contribution is 7.10. The van der Waals surface area contributed by atoms with Crippen LogP contribution in [0.25, 0.3) is 11.3 Å². The van der Waals surface area contributed by atoms with E-state index in [-0.39, 0.29) is 6.04 Å². The van der Waals surface area contributed by atoms with Crippen LogP contribution in [0.1, 0.15) is 30.8 Å². The molecule has 0 saturated heterocycles. The highest BCUT2D eigenvalue weighted by Crippen LogP contribution is 2.41. The van der Waals surface area contributed by atoms with E-state index in [0.717, 1.165) is 22.0 Å². The maximum Gasteiger partial charge on any atom is 0.128 e. The lowest BCUT2D eigenvalue weighted by Crippen LogP contribution is -2.11. The molecule has 4 heteroatoms.